The number of ether oxygens (including phenoxy) is 1. The molecule has 14 heavy (non-hydrogen) atoms. The second kappa shape index (κ2) is 5.10. The molecule has 0 spiro atoms. The third-order valence-corrected chi connectivity index (χ3v) is 3.22. The highest BCUT2D eigenvalue weighted by Gasteiger charge is 2.33. The minimum atomic E-state index is 0.0199. The van der Waals surface area contributed by atoms with E-state index in [-0.39, 0.29) is 5.54 Å². The topological polar surface area (TPSA) is 38.5 Å². The van der Waals surface area contributed by atoms with Gasteiger partial charge in [0.05, 0.1) is 12.1 Å². The number of rotatable bonds is 7. The first-order valence-electron chi connectivity index (χ1n) is 5.60. The zero-order chi connectivity index (χ0) is 10.6. The van der Waals surface area contributed by atoms with Crippen LogP contribution in [0, 0.1) is 5.92 Å². The van der Waals surface area contributed by atoms with Crippen LogP contribution in [0.25, 0.3) is 0 Å². The van der Waals surface area contributed by atoms with E-state index in [2.05, 4.69) is 18.7 Å². The van der Waals surface area contributed by atoms with Crippen molar-refractivity contribution in [3.05, 3.63) is 0 Å². The van der Waals surface area contributed by atoms with Crippen LogP contribution in [0.2, 0.25) is 0 Å². The van der Waals surface area contributed by atoms with Crippen LogP contribution in [-0.4, -0.2) is 43.8 Å². The van der Waals surface area contributed by atoms with Crippen molar-refractivity contribution >= 4 is 0 Å². The lowest BCUT2D eigenvalue weighted by molar-refractivity contribution is 0.0272. The highest BCUT2D eigenvalue weighted by molar-refractivity contribution is 4.90. The first kappa shape index (κ1) is 12.0. The summed E-state index contributed by atoms with van der Waals surface area (Å²) in [4.78, 5) is 2.47. The van der Waals surface area contributed by atoms with Gasteiger partial charge in [-0.2, -0.15) is 0 Å². The summed E-state index contributed by atoms with van der Waals surface area (Å²) in [7, 11) is 1.75. The molecule has 1 saturated carbocycles. The van der Waals surface area contributed by atoms with Crippen molar-refractivity contribution in [3.8, 4) is 0 Å². The minimum absolute atomic E-state index is 0.0199. The lowest BCUT2D eigenvalue weighted by Crippen LogP contribution is -2.55. The van der Waals surface area contributed by atoms with Gasteiger partial charge in [-0.25, -0.2) is 0 Å². The van der Waals surface area contributed by atoms with E-state index >= 15 is 0 Å². The first-order chi connectivity index (χ1) is 6.66. The van der Waals surface area contributed by atoms with E-state index in [4.69, 9.17) is 10.5 Å². The van der Waals surface area contributed by atoms with Crippen molar-refractivity contribution in [2.45, 2.75) is 32.2 Å². The van der Waals surface area contributed by atoms with Gasteiger partial charge in [0.1, 0.15) is 0 Å². The van der Waals surface area contributed by atoms with Gasteiger partial charge in [-0.15, -0.1) is 0 Å². The van der Waals surface area contributed by atoms with E-state index in [9.17, 15) is 0 Å². The molecule has 1 fully saturated rings. The molecule has 1 aliphatic rings. The molecule has 0 aromatic rings. The van der Waals surface area contributed by atoms with Crippen LogP contribution in [0.15, 0.2) is 0 Å². The number of methoxy groups -OCH3 is 1. The molecule has 1 unspecified atom stereocenters. The summed E-state index contributed by atoms with van der Waals surface area (Å²) >= 11 is 0. The van der Waals surface area contributed by atoms with Gasteiger partial charge in [0.25, 0.3) is 0 Å². The molecule has 3 nitrogen and oxygen atoms in total. The lowest BCUT2D eigenvalue weighted by atomic mass is 10.0. The fourth-order valence-corrected chi connectivity index (χ4v) is 1.93. The molecular weight excluding hydrogens is 176 g/mol. The predicted molar refractivity (Wildman–Crippen MR) is 59.3 cm³/mol. The molecule has 1 atom stereocenters. The van der Waals surface area contributed by atoms with E-state index in [0.717, 1.165) is 19.1 Å². The van der Waals surface area contributed by atoms with Crippen LogP contribution in [0.4, 0.5) is 0 Å². The van der Waals surface area contributed by atoms with Crippen molar-refractivity contribution in [3.63, 3.8) is 0 Å². The Labute approximate surface area is 87.6 Å². The summed E-state index contributed by atoms with van der Waals surface area (Å²) in [6.07, 6.45) is 2.79. The quantitative estimate of drug-likeness (QED) is 0.668. The maximum atomic E-state index is 5.84. The highest BCUT2D eigenvalue weighted by atomic mass is 16.5. The van der Waals surface area contributed by atoms with Gasteiger partial charge in [-0.05, 0) is 32.2 Å². The monoisotopic (exact) mass is 200 g/mol. The molecular formula is C11H24N2O. The highest BCUT2D eigenvalue weighted by Crippen LogP contribution is 2.31. The number of hydrogen-bond donors (Lipinski definition) is 1. The zero-order valence-electron chi connectivity index (χ0n) is 9.75. The van der Waals surface area contributed by atoms with Gasteiger partial charge in [-0.1, -0.05) is 6.92 Å². The van der Waals surface area contributed by atoms with Crippen LogP contribution in [0.3, 0.4) is 0 Å². The Bertz CT molecular complexity index is 171. The number of likely N-dealkylation sites (N-methyl/N-ethyl adjacent to an activating group) is 1. The molecule has 0 amide bonds. The van der Waals surface area contributed by atoms with Gasteiger partial charge >= 0.3 is 0 Å². The fraction of sp³-hybridized carbons (Fsp3) is 1.00. The Morgan fingerprint density at radius 2 is 2.14 bits per heavy atom. The first-order valence-corrected chi connectivity index (χ1v) is 5.60. The van der Waals surface area contributed by atoms with Crippen LogP contribution >= 0.6 is 0 Å². The van der Waals surface area contributed by atoms with Crippen molar-refractivity contribution in [2.75, 3.05) is 33.4 Å². The fourth-order valence-electron chi connectivity index (χ4n) is 1.93. The second-order valence-corrected chi connectivity index (χ2v) is 4.62. The Balaban J connectivity index is 2.51. The summed E-state index contributed by atoms with van der Waals surface area (Å²) in [5.41, 5.74) is 5.86. The standard InChI is InChI=1S/C11H24N2O/c1-4-13(7-10-5-6-10)11(2,8-12)9-14-3/h10H,4-9,12H2,1-3H3. The Morgan fingerprint density at radius 1 is 1.50 bits per heavy atom. The minimum Gasteiger partial charge on any atom is -0.383 e. The Kier molecular flexibility index (Phi) is 4.35. The summed E-state index contributed by atoms with van der Waals surface area (Å²) in [5.74, 6) is 0.915. The van der Waals surface area contributed by atoms with Crippen LogP contribution < -0.4 is 5.73 Å². The van der Waals surface area contributed by atoms with Crippen molar-refractivity contribution in [1.29, 1.82) is 0 Å². The second-order valence-electron chi connectivity index (χ2n) is 4.62. The zero-order valence-corrected chi connectivity index (χ0v) is 9.75. The molecule has 84 valence electrons. The molecule has 3 heteroatoms. The Hall–Kier alpha value is -0.120. The normalized spacial score (nSPS) is 21.2. The average molecular weight is 200 g/mol. The van der Waals surface area contributed by atoms with Crippen molar-refractivity contribution in [2.24, 2.45) is 11.7 Å². The van der Waals surface area contributed by atoms with Gasteiger partial charge in [0.2, 0.25) is 0 Å². The molecule has 0 radical (unpaired) electrons. The van der Waals surface area contributed by atoms with Crippen LogP contribution in [0.5, 0.6) is 0 Å². The molecule has 2 N–H and O–H groups in total. The molecule has 1 aliphatic carbocycles. The Morgan fingerprint density at radius 3 is 2.50 bits per heavy atom. The molecule has 0 heterocycles. The van der Waals surface area contributed by atoms with Crippen molar-refractivity contribution in [1.82, 2.24) is 4.90 Å². The largest absolute Gasteiger partial charge is 0.383 e. The average Bonchev–Trinajstić information content (AvgIpc) is 2.98. The van der Waals surface area contributed by atoms with E-state index in [1.807, 2.05) is 0 Å². The molecule has 0 bridgehead atoms. The van der Waals surface area contributed by atoms with Gasteiger partial charge < -0.3 is 10.5 Å². The van der Waals surface area contributed by atoms with Gasteiger partial charge in [0, 0.05) is 20.2 Å². The molecule has 0 aromatic carbocycles. The lowest BCUT2D eigenvalue weighted by Gasteiger charge is -2.39. The number of hydrogen-bond acceptors (Lipinski definition) is 3. The molecule has 0 aliphatic heterocycles. The third kappa shape index (κ3) is 2.94. The van der Waals surface area contributed by atoms with Crippen molar-refractivity contribution < 1.29 is 4.74 Å². The summed E-state index contributed by atoms with van der Waals surface area (Å²) in [6, 6.07) is 0. The van der Waals surface area contributed by atoms with E-state index in [0.29, 0.717) is 6.54 Å². The molecule has 1 rings (SSSR count). The maximum absolute atomic E-state index is 5.84. The SMILES string of the molecule is CCN(CC1CC1)C(C)(CN)COC. The van der Waals surface area contributed by atoms with E-state index in [1.165, 1.54) is 19.4 Å². The maximum Gasteiger partial charge on any atom is 0.0656 e. The number of nitrogens with two attached hydrogens (primary N) is 1. The number of nitrogens with zero attached hydrogens (tertiary/aromatic N) is 1. The third-order valence-electron chi connectivity index (χ3n) is 3.22. The predicted octanol–water partition coefficient (Wildman–Crippen LogP) is 1.08. The van der Waals surface area contributed by atoms with E-state index in [1.54, 1.807) is 7.11 Å². The van der Waals surface area contributed by atoms with Gasteiger partial charge in [0.15, 0.2) is 0 Å². The van der Waals surface area contributed by atoms with Crippen LogP contribution in [0.1, 0.15) is 26.7 Å². The summed E-state index contributed by atoms with van der Waals surface area (Å²) < 4.78 is 5.26. The van der Waals surface area contributed by atoms with Gasteiger partial charge in [-0.3, -0.25) is 4.90 Å². The van der Waals surface area contributed by atoms with E-state index < -0.39 is 0 Å². The van der Waals surface area contributed by atoms with Crippen LogP contribution in [-0.2, 0) is 4.74 Å². The molecule has 0 saturated heterocycles. The smallest absolute Gasteiger partial charge is 0.0656 e. The summed E-state index contributed by atoms with van der Waals surface area (Å²) in [6.45, 7) is 8.04. The summed E-state index contributed by atoms with van der Waals surface area (Å²) in [5, 5.41) is 0. The molecule has 0 aromatic heterocycles.